The number of aliphatic hydroxyl groups excluding tert-OH is 1. The van der Waals surface area contributed by atoms with E-state index < -0.39 is 24.1 Å². The lowest BCUT2D eigenvalue weighted by Crippen LogP contribution is -2.47. The number of fused-ring (bicyclic) bond motifs is 1. The number of esters is 1. The molecule has 2 atom stereocenters. The number of hydrogen-bond acceptors (Lipinski definition) is 5. The van der Waals surface area contributed by atoms with Gasteiger partial charge in [0.2, 0.25) is 0 Å². The van der Waals surface area contributed by atoms with E-state index in [1.54, 1.807) is 18.2 Å². The molecule has 2 aromatic carbocycles. The van der Waals surface area contributed by atoms with Gasteiger partial charge >= 0.3 is 12.0 Å². The van der Waals surface area contributed by atoms with Crippen LogP contribution in [-0.4, -0.2) is 47.8 Å². The highest BCUT2D eigenvalue weighted by Crippen LogP contribution is 2.28. The predicted molar refractivity (Wildman–Crippen MR) is 90.8 cm³/mol. The molecular formula is C18H17N3O4. The number of urea groups is 1. The first kappa shape index (κ1) is 16.7. The van der Waals surface area contributed by atoms with Gasteiger partial charge in [0.1, 0.15) is 0 Å². The SMILES string of the molecule is COC(=O)[C@@H]1[C@@H](O)CCN1C(=O)Nc1ccc(C#N)c2ccccc12. The summed E-state index contributed by atoms with van der Waals surface area (Å²) in [5.41, 5.74) is 1.04. The van der Waals surface area contributed by atoms with Crippen molar-refractivity contribution in [2.24, 2.45) is 0 Å². The molecular weight excluding hydrogens is 322 g/mol. The number of aliphatic hydroxyl groups is 1. The van der Waals surface area contributed by atoms with Crippen molar-refractivity contribution < 1.29 is 19.4 Å². The van der Waals surface area contributed by atoms with Gasteiger partial charge in [-0.15, -0.1) is 0 Å². The zero-order chi connectivity index (χ0) is 18.0. The van der Waals surface area contributed by atoms with Crippen LogP contribution < -0.4 is 5.32 Å². The zero-order valence-corrected chi connectivity index (χ0v) is 13.6. The molecule has 0 aliphatic carbocycles. The third-order valence-electron chi connectivity index (χ3n) is 4.36. The second-order valence-electron chi connectivity index (χ2n) is 5.77. The second kappa shape index (κ2) is 6.79. The van der Waals surface area contributed by atoms with Crippen LogP contribution >= 0.6 is 0 Å². The molecule has 7 nitrogen and oxygen atoms in total. The largest absolute Gasteiger partial charge is 0.467 e. The highest BCUT2D eigenvalue weighted by atomic mass is 16.5. The van der Waals surface area contributed by atoms with Crippen molar-refractivity contribution >= 4 is 28.5 Å². The van der Waals surface area contributed by atoms with Crippen molar-refractivity contribution in [1.29, 1.82) is 5.26 Å². The molecule has 0 aromatic heterocycles. The fourth-order valence-electron chi connectivity index (χ4n) is 3.10. The Hall–Kier alpha value is -3.11. The minimum absolute atomic E-state index is 0.251. The normalized spacial score (nSPS) is 19.5. The number of nitrogens with zero attached hydrogens (tertiary/aromatic N) is 2. The molecule has 0 saturated carbocycles. The predicted octanol–water partition coefficient (Wildman–Crippen LogP) is 1.85. The zero-order valence-electron chi connectivity index (χ0n) is 13.6. The molecule has 0 bridgehead atoms. The standard InChI is InChI=1S/C18H17N3O4/c1-25-17(23)16-15(22)8-9-21(16)18(24)20-14-7-6-11(10-19)12-4-2-3-5-13(12)14/h2-7,15-16,22H,8-9H2,1H3,(H,20,24)/t15-,16-/m0/s1. The fourth-order valence-corrected chi connectivity index (χ4v) is 3.10. The minimum Gasteiger partial charge on any atom is -0.467 e. The van der Waals surface area contributed by atoms with Crippen molar-refractivity contribution in [1.82, 2.24) is 4.90 Å². The summed E-state index contributed by atoms with van der Waals surface area (Å²) >= 11 is 0. The van der Waals surface area contributed by atoms with E-state index in [0.717, 1.165) is 10.8 Å². The van der Waals surface area contributed by atoms with Gasteiger partial charge in [-0.1, -0.05) is 24.3 Å². The molecule has 1 heterocycles. The van der Waals surface area contributed by atoms with E-state index in [-0.39, 0.29) is 6.54 Å². The van der Waals surface area contributed by atoms with Crippen molar-refractivity contribution in [2.45, 2.75) is 18.6 Å². The quantitative estimate of drug-likeness (QED) is 0.813. The topological polar surface area (TPSA) is 103 Å². The fraction of sp³-hybridized carbons (Fsp3) is 0.278. The monoisotopic (exact) mass is 339 g/mol. The Morgan fingerprint density at radius 2 is 2.00 bits per heavy atom. The number of amides is 2. The van der Waals surface area contributed by atoms with E-state index in [1.165, 1.54) is 12.0 Å². The van der Waals surface area contributed by atoms with Gasteiger partial charge in [0.05, 0.1) is 30.5 Å². The van der Waals surface area contributed by atoms with Gasteiger partial charge in [0.15, 0.2) is 6.04 Å². The highest BCUT2D eigenvalue weighted by Gasteiger charge is 2.42. The Morgan fingerprint density at radius 1 is 1.28 bits per heavy atom. The summed E-state index contributed by atoms with van der Waals surface area (Å²) in [6.07, 6.45) is -0.641. The minimum atomic E-state index is -1.02. The molecule has 0 unspecified atom stereocenters. The van der Waals surface area contributed by atoms with Crippen LogP contribution in [0.2, 0.25) is 0 Å². The van der Waals surface area contributed by atoms with Crippen molar-refractivity contribution in [3.05, 3.63) is 42.0 Å². The number of benzene rings is 2. The van der Waals surface area contributed by atoms with E-state index in [9.17, 15) is 20.0 Å². The first-order valence-electron chi connectivity index (χ1n) is 7.82. The summed E-state index contributed by atoms with van der Waals surface area (Å²) in [7, 11) is 1.22. The molecule has 25 heavy (non-hydrogen) atoms. The first-order valence-corrected chi connectivity index (χ1v) is 7.82. The van der Waals surface area contributed by atoms with Gasteiger partial charge in [-0.2, -0.15) is 5.26 Å². The summed E-state index contributed by atoms with van der Waals surface area (Å²) in [6, 6.07) is 11.1. The Bertz CT molecular complexity index is 874. The number of rotatable bonds is 2. The van der Waals surface area contributed by atoms with Gasteiger partial charge in [-0.25, -0.2) is 9.59 Å². The highest BCUT2D eigenvalue weighted by molar-refractivity contribution is 6.04. The van der Waals surface area contributed by atoms with Crippen LogP contribution in [0, 0.1) is 11.3 Å². The molecule has 0 radical (unpaired) electrons. The van der Waals surface area contributed by atoms with Gasteiger partial charge in [-0.3, -0.25) is 0 Å². The van der Waals surface area contributed by atoms with E-state index >= 15 is 0 Å². The van der Waals surface area contributed by atoms with Crippen molar-refractivity contribution in [2.75, 3.05) is 19.0 Å². The van der Waals surface area contributed by atoms with Crippen LogP contribution in [0.25, 0.3) is 10.8 Å². The average Bonchev–Trinajstić information content (AvgIpc) is 3.03. The number of carbonyl (C=O) groups excluding carboxylic acids is 2. The smallest absolute Gasteiger partial charge is 0.331 e. The maximum absolute atomic E-state index is 12.6. The number of ether oxygens (including phenoxy) is 1. The van der Waals surface area contributed by atoms with Crippen LogP contribution in [0.3, 0.4) is 0 Å². The second-order valence-corrected chi connectivity index (χ2v) is 5.77. The Morgan fingerprint density at radius 3 is 2.68 bits per heavy atom. The lowest BCUT2D eigenvalue weighted by Gasteiger charge is -2.24. The summed E-state index contributed by atoms with van der Waals surface area (Å²) in [6.45, 7) is 0.251. The first-order chi connectivity index (χ1) is 12.1. The van der Waals surface area contributed by atoms with Crippen LogP contribution in [-0.2, 0) is 9.53 Å². The summed E-state index contributed by atoms with van der Waals surface area (Å²) < 4.78 is 4.68. The van der Waals surface area contributed by atoms with Gasteiger partial charge in [0, 0.05) is 17.3 Å². The molecule has 2 aromatic rings. The van der Waals surface area contributed by atoms with E-state index in [0.29, 0.717) is 17.7 Å². The summed E-state index contributed by atoms with van der Waals surface area (Å²) in [4.78, 5) is 25.7. The van der Waals surface area contributed by atoms with Crippen molar-refractivity contribution in [3.63, 3.8) is 0 Å². The third kappa shape index (κ3) is 2.99. The molecule has 128 valence electrons. The Labute approximate surface area is 144 Å². The van der Waals surface area contributed by atoms with Crippen LogP contribution in [0.1, 0.15) is 12.0 Å². The number of carbonyl (C=O) groups is 2. The number of methoxy groups -OCH3 is 1. The van der Waals surface area contributed by atoms with Gasteiger partial charge in [-0.05, 0) is 18.6 Å². The molecule has 1 aliphatic rings. The number of nitriles is 1. The Kier molecular flexibility index (Phi) is 4.55. The van der Waals surface area contributed by atoms with E-state index in [2.05, 4.69) is 16.1 Å². The van der Waals surface area contributed by atoms with E-state index in [4.69, 9.17) is 0 Å². The van der Waals surface area contributed by atoms with Gasteiger partial charge < -0.3 is 20.1 Å². The van der Waals surface area contributed by atoms with Crippen LogP contribution in [0.15, 0.2) is 36.4 Å². The number of nitrogens with one attached hydrogen (secondary N) is 1. The maximum atomic E-state index is 12.6. The third-order valence-corrected chi connectivity index (χ3v) is 4.36. The molecule has 7 heteroatoms. The summed E-state index contributed by atoms with van der Waals surface area (Å²) in [5, 5.41) is 23.4. The summed E-state index contributed by atoms with van der Waals surface area (Å²) in [5.74, 6) is -0.648. The number of anilines is 1. The van der Waals surface area contributed by atoms with Crippen LogP contribution in [0.4, 0.5) is 10.5 Å². The molecule has 2 amide bonds. The lowest BCUT2D eigenvalue weighted by molar-refractivity contribution is -0.147. The molecule has 1 saturated heterocycles. The van der Waals surface area contributed by atoms with Gasteiger partial charge in [0.25, 0.3) is 0 Å². The molecule has 3 rings (SSSR count). The molecule has 1 aliphatic heterocycles. The van der Waals surface area contributed by atoms with Crippen molar-refractivity contribution in [3.8, 4) is 6.07 Å². The molecule has 1 fully saturated rings. The van der Waals surface area contributed by atoms with Crippen LogP contribution in [0.5, 0.6) is 0 Å². The maximum Gasteiger partial charge on any atom is 0.331 e. The van der Waals surface area contributed by atoms with E-state index in [1.807, 2.05) is 18.2 Å². The molecule has 0 spiro atoms. The Balaban J connectivity index is 1.90. The molecule has 2 N–H and O–H groups in total. The lowest BCUT2D eigenvalue weighted by atomic mass is 10.0. The average molecular weight is 339 g/mol. The number of likely N-dealkylation sites (tertiary alicyclic amines) is 1. The number of hydrogen-bond donors (Lipinski definition) is 2.